The molecule has 0 fully saturated rings. The third kappa shape index (κ3) is 1.83. The molecule has 0 atom stereocenters. The molecule has 7 heteroatoms. The largest absolute Gasteiger partial charge is 0.322 e. The van der Waals surface area contributed by atoms with E-state index < -0.39 is 17.5 Å². The van der Waals surface area contributed by atoms with E-state index in [-0.39, 0.29) is 22.1 Å². The second kappa shape index (κ2) is 4.06. The molecular weight excluding hydrogens is 246 g/mol. The fourth-order valence-electron chi connectivity index (χ4n) is 1.39. The molecule has 1 aromatic heterocycles. The zero-order valence-electron chi connectivity index (χ0n) is 8.65. The molecule has 0 radical (unpaired) electrons. The lowest BCUT2D eigenvalue weighted by Gasteiger charge is -2.15. The van der Waals surface area contributed by atoms with E-state index in [1.165, 1.54) is 19.3 Å². The molecule has 1 aliphatic rings. The second-order valence-electron chi connectivity index (χ2n) is 3.28. The van der Waals surface area contributed by atoms with E-state index >= 15 is 0 Å². The van der Waals surface area contributed by atoms with Crippen LogP contribution in [-0.4, -0.2) is 27.4 Å². The molecular formula is C10H6ClN3O3. The van der Waals surface area contributed by atoms with E-state index in [1.54, 1.807) is 0 Å². The highest BCUT2D eigenvalue weighted by Crippen LogP contribution is 2.24. The maximum absolute atomic E-state index is 11.9. The van der Waals surface area contributed by atoms with Crippen LogP contribution in [0.3, 0.4) is 0 Å². The van der Waals surface area contributed by atoms with Crippen LogP contribution in [0.25, 0.3) is 0 Å². The van der Waals surface area contributed by atoms with Crippen molar-refractivity contribution in [2.45, 2.75) is 6.92 Å². The summed E-state index contributed by atoms with van der Waals surface area (Å²) in [6.07, 6.45) is 2.58. The van der Waals surface area contributed by atoms with Gasteiger partial charge in [-0.05, 0) is 0 Å². The average Bonchev–Trinajstić information content (AvgIpc) is 2.31. The highest BCUT2D eigenvalue weighted by atomic mass is 35.5. The third-order valence-corrected chi connectivity index (χ3v) is 2.44. The number of fused-ring (bicyclic) bond motifs is 1. The van der Waals surface area contributed by atoms with Gasteiger partial charge in [-0.2, -0.15) is 0 Å². The second-order valence-corrected chi connectivity index (χ2v) is 3.66. The first-order valence-corrected chi connectivity index (χ1v) is 4.98. The summed E-state index contributed by atoms with van der Waals surface area (Å²) < 4.78 is 0. The van der Waals surface area contributed by atoms with Gasteiger partial charge in [0.2, 0.25) is 17.5 Å². The van der Waals surface area contributed by atoms with Crippen LogP contribution in [-0.2, 0) is 4.79 Å². The molecule has 1 amide bonds. The van der Waals surface area contributed by atoms with Gasteiger partial charge in [0.25, 0.3) is 0 Å². The van der Waals surface area contributed by atoms with Gasteiger partial charge in [-0.3, -0.25) is 14.4 Å². The van der Waals surface area contributed by atoms with Gasteiger partial charge in [-0.1, -0.05) is 11.6 Å². The molecule has 0 spiro atoms. The predicted molar refractivity (Wildman–Crippen MR) is 57.4 cm³/mol. The van der Waals surface area contributed by atoms with Crippen LogP contribution in [0.1, 0.15) is 27.9 Å². The van der Waals surface area contributed by atoms with E-state index in [0.29, 0.717) is 0 Å². The Hall–Kier alpha value is -2.08. The Balaban J connectivity index is 2.58. The lowest BCUT2D eigenvalue weighted by atomic mass is 10.0. The number of aromatic nitrogens is 2. The van der Waals surface area contributed by atoms with E-state index in [9.17, 15) is 14.4 Å². The number of hydrogen-bond donors (Lipinski definition) is 1. The molecule has 1 aliphatic carbocycles. The number of Topliss-reactive ketones (excluding diaryl/α,β-unsaturated/α-hetero) is 2. The Labute approximate surface area is 101 Å². The average molecular weight is 252 g/mol. The van der Waals surface area contributed by atoms with Crippen molar-refractivity contribution in [2.75, 3.05) is 0 Å². The number of allylic oxidation sites excluding steroid dienone is 2. The first-order valence-electron chi connectivity index (χ1n) is 4.60. The summed E-state index contributed by atoms with van der Waals surface area (Å²) in [5, 5.41) is 1.87. The Kier molecular flexibility index (Phi) is 2.72. The first kappa shape index (κ1) is 11.4. The summed E-state index contributed by atoms with van der Waals surface area (Å²) >= 11 is 5.73. The van der Waals surface area contributed by atoms with Gasteiger partial charge >= 0.3 is 0 Å². The van der Waals surface area contributed by atoms with Crippen molar-refractivity contribution >= 4 is 29.1 Å². The lowest BCUT2D eigenvalue weighted by Crippen LogP contribution is -2.32. The summed E-state index contributed by atoms with van der Waals surface area (Å²) in [5.74, 6) is -1.74. The molecule has 86 valence electrons. The smallest absolute Gasteiger partial charge is 0.231 e. The fourth-order valence-corrected chi connectivity index (χ4v) is 1.62. The molecule has 1 aromatic rings. The van der Waals surface area contributed by atoms with Gasteiger partial charge in [0.15, 0.2) is 0 Å². The number of carbonyl (C=O) groups is 3. The van der Waals surface area contributed by atoms with Crippen LogP contribution in [0.2, 0.25) is 0 Å². The van der Waals surface area contributed by atoms with Gasteiger partial charge < -0.3 is 5.32 Å². The quantitative estimate of drug-likeness (QED) is 0.782. The summed E-state index contributed by atoms with van der Waals surface area (Å²) in [6, 6.07) is 0. The molecule has 0 aliphatic heterocycles. The van der Waals surface area contributed by atoms with E-state index in [4.69, 9.17) is 11.6 Å². The van der Waals surface area contributed by atoms with Gasteiger partial charge in [-0.15, -0.1) is 0 Å². The third-order valence-electron chi connectivity index (χ3n) is 2.08. The van der Waals surface area contributed by atoms with Gasteiger partial charge in [0.05, 0.1) is 0 Å². The van der Waals surface area contributed by atoms with Crippen molar-refractivity contribution in [1.82, 2.24) is 15.3 Å². The molecule has 1 heterocycles. The molecule has 0 saturated heterocycles. The highest BCUT2D eigenvalue weighted by Gasteiger charge is 2.34. The SMILES string of the molecule is CC(=O)NC1=C(Cl)C(=O)c2nccnc2C1=O. The topological polar surface area (TPSA) is 89.0 Å². The van der Waals surface area contributed by atoms with Crippen molar-refractivity contribution < 1.29 is 14.4 Å². The monoisotopic (exact) mass is 251 g/mol. The van der Waals surface area contributed by atoms with Crippen molar-refractivity contribution in [2.24, 2.45) is 0 Å². The Morgan fingerprint density at radius 1 is 1.18 bits per heavy atom. The Morgan fingerprint density at radius 2 is 1.71 bits per heavy atom. The number of halogens is 1. The van der Waals surface area contributed by atoms with Crippen LogP contribution < -0.4 is 5.32 Å². The zero-order chi connectivity index (χ0) is 12.6. The summed E-state index contributed by atoms with van der Waals surface area (Å²) in [4.78, 5) is 42.1. The number of nitrogens with one attached hydrogen (secondary N) is 1. The maximum atomic E-state index is 11.9. The van der Waals surface area contributed by atoms with Crippen LogP contribution >= 0.6 is 11.6 Å². The lowest BCUT2D eigenvalue weighted by molar-refractivity contribution is -0.118. The molecule has 2 rings (SSSR count). The summed E-state index contributed by atoms with van der Waals surface area (Å²) in [7, 11) is 0. The summed E-state index contributed by atoms with van der Waals surface area (Å²) in [6.45, 7) is 1.21. The van der Waals surface area contributed by atoms with Crippen LogP contribution in [0.15, 0.2) is 23.1 Å². The van der Waals surface area contributed by atoms with E-state index in [1.807, 2.05) is 0 Å². The van der Waals surface area contributed by atoms with Gasteiger partial charge in [-0.25, -0.2) is 9.97 Å². The molecule has 0 unspecified atom stereocenters. The van der Waals surface area contributed by atoms with Crippen LogP contribution in [0.5, 0.6) is 0 Å². The maximum Gasteiger partial charge on any atom is 0.231 e. The van der Waals surface area contributed by atoms with Crippen molar-refractivity contribution in [1.29, 1.82) is 0 Å². The minimum absolute atomic E-state index is 0.100. The molecule has 0 aromatic carbocycles. The normalized spacial score (nSPS) is 14.7. The highest BCUT2D eigenvalue weighted by molar-refractivity contribution is 6.49. The minimum atomic E-state index is -0.627. The molecule has 0 bridgehead atoms. The van der Waals surface area contributed by atoms with Crippen molar-refractivity contribution in [3.63, 3.8) is 0 Å². The number of rotatable bonds is 1. The van der Waals surface area contributed by atoms with E-state index in [0.717, 1.165) is 0 Å². The van der Waals surface area contributed by atoms with Crippen molar-refractivity contribution in [3.05, 3.63) is 34.5 Å². The molecule has 0 saturated carbocycles. The minimum Gasteiger partial charge on any atom is -0.322 e. The summed E-state index contributed by atoms with van der Waals surface area (Å²) in [5.41, 5.74) is -0.459. The fraction of sp³-hybridized carbons (Fsp3) is 0.100. The Morgan fingerprint density at radius 3 is 2.24 bits per heavy atom. The number of nitrogens with zero attached hydrogens (tertiary/aromatic N) is 2. The standard InChI is InChI=1S/C10H6ClN3O3/c1-4(15)14-6-5(11)9(16)7-8(10(6)17)13-3-2-12-7/h2-3H,1H3,(H,14,15). The number of hydrogen-bond acceptors (Lipinski definition) is 5. The molecule has 1 N–H and O–H groups in total. The number of amides is 1. The van der Waals surface area contributed by atoms with Crippen LogP contribution in [0, 0.1) is 0 Å². The number of ketones is 2. The Bertz CT molecular complexity index is 580. The van der Waals surface area contributed by atoms with Gasteiger partial charge in [0, 0.05) is 19.3 Å². The predicted octanol–water partition coefficient (Wildman–Crippen LogP) is 0.442. The first-order chi connectivity index (χ1) is 8.02. The molecule has 17 heavy (non-hydrogen) atoms. The zero-order valence-corrected chi connectivity index (χ0v) is 9.41. The van der Waals surface area contributed by atoms with Crippen molar-refractivity contribution in [3.8, 4) is 0 Å². The van der Waals surface area contributed by atoms with Crippen LogP contribution in [0.4, 0.5) is 0 Å². The van der Waals surface area contributed by atoms with E-state index in [2.05, 4.69) is 15.3 Å². The van der Waals surface area contributed by atoms with Gasteiger partial charge in [0.1, 0.15) is 22.1 Å². The molecule has 6 nitrogen and oxygen atoms in total. The number of carbonyl (C=O) groups excluding carboxylic acids is 3.